The van der Waals surface area contributed by atoms with Crippen LogP contribution in [0.5, 0.6) is 0 Å². The van der Waals surface area contributed by atoms with E-state index in [1.165, 1.54) is 29.5 Å². The van der Waals surface area contributed by atoms with Crippen molar-refractivity contribution in [1.29, 1.82) is 0 Å². The SMILES string of the molecule is Cc1c(C)c(CC(C)C)c(C)c(CC(C)(C)C)c1C. The molecule has 0 atom stereocenters. The molecule has 0 saturated carbocycles. The minimum absolute atomic E-state index is 0.353. The largest absolute Gasteiger partial charge is 0.0625 e. The first-order valence-corrected chi connectivity index (χ1v) is 7.62. The predicted octanol–water partition coefficient (Wildman–Crippen LogP) is 5.71. The van der Waals surface area contributed by atoms with Crippen molar-refractivity contribution in [2.24, 2.45) is 11.3 Å². The van der Waals surface area contributed by atoms with Crippen molar-refractivity contribution >= 4 is 0 Å². The van der Waals surface area contributed by atoms with E-state index < -0.39 is 0 Å². The predicted molar refractivity (Wildman–Crippen MR) is 87.1 cm³/mol. The molecule has 0 bridgehead atoms. The van der Waals surface area contributed by atoms with Gasteiger partial charge in [0.25, 0.3) is 0 Å². The van der Waals surface area contributed by atoms with E-state index in [-0.39, 0.29) is 0 Å². The Morgan fingerprint density at radius 2 is 1.21 bits per heavy atom. The van der Waals surface area contributed by atoms with Gasteiger partial charge < -0.3 is 0 Å². The van der Waals surface area contributed by atoms with Crippen molar-refractivity contribution in [3.63, 3.8) is 0 Å². The molecule has 0 nitrogen and oxygen atoms in total. The van der Waals surface area contributed by atoms with E-state index in [0.717, 1.165) is 5.92 Å². The molecule has 0 radical (unpaired) electrons. The molecule has 1 aromatic rings. The van der Waals surface area contributed by atoms with Crippen molar-refractivity contribution in [3.8, 4) is 0 Å². The topological polar surface area (TPSA) is 0 Å². The second-order valence-electron chi connectivity index (χ2n) is 7.79. The smallest absolute Gasteiger partial charge is 0.0224 e. The van der Waals surface area contributed by atoms with E-state index in [1.54, 1.807) is 16.7 Å². The Hall–Kier alpha value is -0.780. The lowest BCUT2D eigenvalue weighted by Gasteiger charge is -2.26. The van der Waals surface area contributed by atoms with Gasteiger partial charge in [0.15, 0.2) is 0 Å². The minimum atomic E-state index is 0.353. The summed E-state index contributed by atoms with van der Waals surface area (Å²) in [6.45, 7) is 20.9. The molecular formula is C19H32. The first-order valence-electron chi connectivity index (χ1n) is 7.62. The third-order valence-electron chi connectivity index (χ3n) is 4.26. The Bertz CT molecular complexity index is 456. The van der Waals surface area contributed by atoms with Crippen LogP contribution < -0.4 is 0 Å². The summed E-state index contributed by atoms with van der Waals surface area (Å²) in [6.07, 6.45) is 2.38. The highest BCUT2D eigenvalue weighted by Crippen LogP contribution is 2.32. The zero-order valence-corrected chi connectivity index (χ0v) is 14.5. The van der Waals surface area contributed by atoms with Crippen LogP contribution in [0, 0.1) is 39.0 Å². The fourth-order valence-electron chi connectivity index (χ4n) is 2.99. The fourth-order valence-corrected chi connectivity index (χ4v) is 2.99. The van der Waals surface area contributed by atoms with E-state index in [9.17, 15) is 0 Å². The molecule has 0 fully saturated rings. The highest BCUT2D eigenvalue weighted by molar-refractivity contribution is 5.50. The van der Waals surface area contributed by atoms with Gasteiger partial charge in [-0.15, -0.1) is 0 Å². The Kier molecular flexibility index (Phi) is 4.87. The van der Waals surface area contributed by atoms with Gasteiger partial charge in [-0.25, -0.2) is 0 Å². The highest BCUT2D eigenvalue weighted by atomic mass is 14.2. The zero-order chi connectivity index (χ0) is 15.0. The summed E-state index contributed by atoms with van der Waals surface area (Å²) in [7, 11) is 0. The molecule has 108 valence electrons. The zero-order valence-electron chi connectivity index (χ0n) is 14.5. The summed E-state index contributed by atoms with van der Waals surface area (Å²) >= 11 is 0. The lowest BCUT2D eigenvalue weighted by molar-refractivity contribution is 0.409. The van der Waals surface area contributed by atoms with Crippen LogP contribution in [0.3, 0.4) is 0 Å². The van der Waals surface area contributed by atoms with Crippen LogP contribution in [-0.4, -0.2) is 0 Å². The molecule has 0 aliphatic heterocycles. The molecule has 0 heteroatoms. The molecule has 0 spiro atoms. The second kappa shape index (κ2) is 5.69. The second-order valence-corrected chi connectivity index (χ2v) is 7.79. The normalized spacial score (nSPS) is 12.3. The monoisotopic (exact) mass is 260 g/mol. The molecule has 0 saturated heterocycles. The van der Waals surface area contributed by atoms with Crippen LogP contribution in [0.2, 0.25) is 0 Å². The molecular weight excluding hydrogens is 228 g/mol. The molecule has 0 aliphatic carbocycles. The van der Waals surface area contributed by atoms with Crippen LogP contribution >= 0.6 is 0 Å². The van der Waals surface area contributed by atoms with Crippen molar-refractivity contribution in [1.82, 2.24) is 0 Å². The Morgan fingerprint density at radius 1 is 0.737 bits per heavy atom. The Labute approximate surface area is 120 Å². The minimum Gasteiger partial charge on any atom is -0.0625 e. The van der Waals surface area contributed by atoms with Gasteiger partial charge >= 0.3 is 0 Å². The number of hydrogen-bond acceptors (Lipinski definition) is 0. The maximum absolute atomic E-state index is 2.34. The van der Waals surface area contributed by atoms with E-state index in [0.29, 0.717) is 5.41 Å². The fraction of sp³-hybridized carbons (Fsp3) is 0.684. The maximum Gasteiger partial charge on any atom is -0.0224 e. The Morgan fingerprint density at radius 3 is 1.63 bits per heavy atom. The summed E-state index contributed by atoms with van der Waals surface area (Å²) in [5.74, 6) is 0.724. The first kappa shape index (κ1) is 16.3. The van der Waals surface area contributed by atoms with Gasteiger partial charge in [0, 0.05) is 0 Å². The van der Waals surface area contributed by atoms with Gasteiger partial charge in [0.2, 0.25) is 0 Å². The quantitative estimate of drug-likeness (QED) is 0.653. The van der Waals surface area contributed by atoms with Gasteiger partial charge in [-0.05, 0) is 85.3 Å². The molecule has 0 aliphatic rings. The van der Waals surface area contributed by atoms with Gasteiger partial charge in [-0.3, -0.25) is 0 Å². The maximum atomic E-state index is 2.34. The molecule has 1 rings (SSSR count). The van der Waals surface area contributed by atoms with Gasteiger partial charge in [0.1, 0.15) is 0 Å². The van der Waals surface area contributed by atoms with Crippen LogP contribution in [-0.2, 0) is 12.8 Å². The lowest BCUT2D eigenvalue weighted by Crippen LogP contribution is -2.15. The number of rotatable bonds is 3. The van der Waals surface area contributed by atoms with E-state index >= 15 is 0 Å². The van der Waals surface area contributed by atoms with E-state index in [1.807, 2.05) is 0 Å². The van der Waals surface area contributed by atoms with Gasteiger partial charge in [0.05, 0.1) is 0 Å². The molecule has 0 N–H and O–H groups in total. The standard InChI is InChI=1S/C19H32/c1-12(2)10-17-14(4)13(3)15(5)18(16(17)6)11-19(7,8)9/h12H,10-11H2,1-9H3. The summed E-state index contributed by atoms with van der Waals surface area (Å²) in [5.41, 5.74) is 9.61. The van der Waals surface area contributed by atoms with Crippen LogP contribution in [0.4, 0.5) is 0 Å². The van der Waals surface area contributed by atoms with Crippen molar-refractivity contribution in [2.45, 2.75) is 75.2 Å². The van der Waals surface area contributed by atoms with Crippen LogP contribution in [0.15, 0.2) is 0 Å². The van der Waals surface area contributed by atoms with E-state index in [2.05, 4.69) is 62.3 Å². The average Bonchev–Trinajstić information content (AvgIpc) is 2.26. The molecule has 0 aromatic heterocycles. The van der Waals surface area contributed by atoms with Crippen LogP contribution in [0.25, 0.3) is 0 Å². The molecule has 1 aromatic carbocycles. The van der Waals surface area contributed by atoms with Crippen molar-refractivity contribution < 1.29 is 0 Å². The number of benzene rings is 1. The first-order chi connectivity index (χ1) is 8.54. The van der Waals surface area contributed by atoms with Crippen molar-refractivity contribution in [2.75, 3.05) is 0 Å². The molecule has 0 unspecified atom stereocenters. The van der Waals surface area contributed by atoms with Crippen LogP contribution in [0.1, 0.15) is 68.0 Å². The van der Waals surface area contributed by atoms with Gasteiger partial charge in [-0.1, -0.05) is 34.6 Å². The van der Waals surface area contributed by atoms with E-state index in [4.69, 9.17) is 0 Å². The third-order valence-corrected chi connectivity index (χ3v) is 4.26. The molecule has 0 heterocycles. The summed E-state index contributed by atoms with van der Waals surface area (Å²) in [5, 5.41) is 0. The summed E-state index contributed by atoms with van der Waals surface area (Å²) in [4.78, 5) is 0. The summed E-state index contributed by atoms with van der Waals surface area (Å²) < 4.78 is 0. The van der Waals surface area contributed by atoms with Crippen molar-refractivity contribution in [3.05, 3.63) is 33.4 Å². The highest BCUT2D eigenvalue weighted by Gasteiger charge is 2.20. The lowest BCUT2D eigenvalue weighted by atomic mass is 9.79. The summed E-state index contributed by atoms with van der Waals surface area (Å²) in [6, 6.07) is 0. The molecule has 0 amide bonds. The third kappa shape index (κ3) is 3.84. The molecule has 19 heavy (non-hydrogen) atoms. The average molecular weight is 260 g/mol. The number of hydrogen-bond donors (Lipinski definition) is 0. The Balaban J connectivity index is 3.43. The van der Waals surface area contributed by atoms with Gasteiger partial charge in [-0.2, -0.15) is 0 Å².